The second-order valence-electron chi connectivity index (χ2n) is 8.41. The summed E-state index contributed by atoms with van der Waals surface area (Å²) in [6.45, 7) is 6.05. The van der Waals surface area contributed by atoms with Crippen LogP contribution in [0.3, 0.4) is 0 Å². The number of aromatic nitrogens is 2. The van der Waals surface area contributed by atoms with Crippen molar-refractivity contribution in [1.29, 1.82) is 0 Å². The number of nitrogens with one attached hydrogen (secondary N) is 2. The van der Waals surface area contributed by atoms with E-state index in [9.17, 15) is 9.59 Å². The molecule has 2 aromatic carbocycles. The minimum Gasteiger partial charge on any atom is -0.493 e. The van der Waals surface area contributed by atoms with E-state index in [1.807, 2.05) is 49.7 Å². The van der Waals surface area contributed by atoms with Crippen LogP contribution in [-0.4, -0.2) is 34.4 Å². The van der Waals surface area contributed by atoms with E-state index in [-0.39, 0.29) is 12.7 Å². The van der Waals surface area contributed by atoms with Gasteiger partial charge in [0.05, 0.1) is 18.9 Å². The van der Waals surface area contributed by atoms with Gasteiger partial charge < -0.3 is 18.6 Å². The number of hydrazine groups is 1. The number of imidazole rings is 1. The highest BCUT2D eigenvalue weighted by molar-refractivity contribution is 5.99. The van der Waals surface area contributed by atoms with Gasteiger partial charge in [0.15, 0.2) is 11.5 Å². The highest BCUT2D eigenvalue weighted by Crippen LogP contribution is 2.29. The van der Waals surface area contributed by atoms with Gasteiger partial charge in [-0.2, -0.15) is 0 Å². The number of aryl methyl sites for hydroxylation is 1. The summed E-state index contributed by atoms with van der Waals surface area (Å²) < 4.78 is 18.8. The summed E-state index contributed by atoms with van der Waals surface area (Å²) in [5.41, 5.74) is 8.20. The van der Waals surface area contributed by atoms with E-state index in [1.54, 1.807) is 42.5 Å². The molecule has 0 bridgehead atoms. The maximum atomic E-state index is 12.6. The zero-order valence-corrected chi connectivity index (χ0v) is 20.6. The molecule has 2 heterocycles. The van der Waals surface area contributed by atoms with Gasteiger partial charge in [-0.3, -0.25) is 20.4 Å². The maximum Gasteiger partial charge on any atom is 0.269 e. The molecule has 2 amide bonds. The molecular formula is C27H28N4O5. The molecule has 186 valence electrons. The first-order chi connectivity index (χ1) is 17.3. The van der Waals surface area contributed by atoms with E-state index < -0.39 is 11.8 Å². The quantitative estimate of drug-likeness (QED) is 0.362. The molecule has 0 aliphatic heterocycles. The molecule has 0 atom stereocenters. The molecule has 4 rings (SSSR count). The number of hydrogen-bond acceptors (Lipinski definition) is 6. The van der Waals surface area contributed by atoms with Crippen LogP contribution >= 0.6 is 0 Å². The third-order valence-corrected chi connectivity index (χ3v) is 5.29. The van der Waals surface area contributed by atoms with Gasteiger partial charge in [-0.1, -0.05) is 12.1 Å². The van der Waals surface area contributed by atoms with Crippen LogP contribution < -0.4 is 25.1 Å². The average Bonchev–Trinajstić information content (AvgIpc) is 3.30. The van der Waals surface area contributed by atoms with Crippen LogP contribution in [-0.2, 0) is 6.61 Å². The first kappa shape index (κ1) is 24.6. The lowest BCUT2D eigenvalue weighted by atomic mass is 10.2. The molecule has 2 aromatic heterocycles. The fraction of sp³-hybridized carbons (Fsp3) is 0.222. The lowest BCUT2D eigenvalue weighted by molar-refractivity contribution is 0.0846. The van der Waals surface area contributed by atoms with Crippen molar-refractivity contribution in [1.82, 2.24) is 20.2 Å². The lowest BCUT2D eigenvalue weighted by Crippen LogP contribution is -2.41. The zero-order chi connectivity index (χ0) is 25.7. The molecule has 0 spiro atoms. The van der Waals surface area contributed by atoms with E-state index in [2.05, 4.69) is 15.8 Å². The van der Waals surface area contributed by atoms with Crippen LogP contribution in [0.1, 0.15) is 45.8 Å². The van der Waals surface area contributed by atoms with Crippen molar-refractivity contribution in [2.24, 2.45) is 0 Å². The first-order valence-electron chi connectivity index (χ1n) is 11.5. The fourth-order valence-electron chi connectivity index (χ4n) is 3.58. The Morgan fingerprint density at radius 3 is 2.42 bits per heavy atom. The number of pyridine rings is 1. The van der Waals surface area contributed by atoms with Crippen LogP contribution in [0.25, 0.3) is 5.65 Å². The van der Waals surface area contributed by atoms with E-state index in [4.69, 9.17) is 14.2 Å². The smallest absolute Gasteiger partial charge is 0.269 e. The van der Waals surface area contributed by atoms with Gasteiger partial charge in [0.25, 0.3) is 11.8 Å². The second-order valence-corrected chi connectivity index (χ2v) is 8.41. The van der Waals surface area contributed by atoms with Crippen LogP contribution in [0.2, 0.25) is 0 Å². The largest absolute Gasteiger partial charge is 0.493 e. The summed E-state index contributed by atoms with van der Waals surface area (Å²) in [7, 11) is 1.50. The van der Waals surface area contributed by atoms with Crippen molar-refractivity contribution in [2.45, 2.75) is 33.5 Å². The Kier molecular flexibility index (Phi) is 7.39. The van der Waals surface area contributed by atoms with Crippen molar-refractivity contribution in [3.63, 3.8) is 0 Å². The summed E-state index contributed by atoms with van der Waals surface area (Å²) in [5.74, 6) is 0.487. The van der Waals surface area contributed by atoms with Crippen molar-refractivity contribution in [3.05, 3.63) is 89.4 Å². The van der Waals surface area contributed by atoms with E-state index in [0.717, 1.165) is 16.9 Å². The summed E-state index contributed by atoms with van der Waals surface area (Å²) >= 11 is 0. The Labute approximate surface area is 209 Å². The molecule has 9 nitrogen and oxygen atoms in total. The van der Waals surface area contributed by atoms with Crippen molar-refractivity contribution in [2.75, 3.05) is 7.11 Å². The Morgan fingerprint density at radius 1 is 0.972 bits per heavy atom. The topological polar surface area (TPSA) is 103 Å². The molecule has 0 unspecified atom stereocenters. The van der Waals surface area contributed by atoms with E-state index in [1.165, 1.54) is 7.11 Å². The predicted octanol–water partition coefficient (Wildman–Crippen LogP) is 4.09. The molecule has 0 fully saturated rings. The molecule has 36 heavy (non-hydrogen) atoms. The number of amides is 2. The zero-order valence-electron chi connectivity index (χ0n) is 20.6. The van der Waals surface area contributed by atoms with Gasteiger partial charge in [0, 0.05) is 23.5 Å². The number of fused-ring (bicyclic) bond motifs is 1. The number of benzene rings is 2. The molecule has 9 heteroatoms. The highest BCUT2D eigenvalue weighted by atomic mass is 16.5. The summed E-state index contributed by atoms with van der Waals surface area (Å²) in [6, 6.07) is 15.4. The van der Waals surface area contributed by atoms with Gasteiger partial charge >= 0.3 is 0 Å². The number of hydrogen-bond donors (Lipinski definition) is 2. The van der Waals surface area contributed by atoms with Gasteiger partial charge in [0.2, 0.25) is 0 Å². The van der Waals surface area contributed by atoms with Crippen LogP contribution in [0, 0.1) is 6.92 Å². The standard InChI is InChI=1S/C27H28N4O5/c1-17(2)36-23-11-10-20(14-24(23)34-4)27(33)30-29-26(32)19-8-5-9-22(13-19)35-16-21-15-31-12-6-7-18(3)25(31)28-21/h5-15,17H,16H2,1-4H3,(H,29,32)(H,30,33). The fourth-order valence-corrected chi connectivity index (χ4v) is 3.58. The monoisotopic (exact) mass is 488 g/mol. The number of carbonyl (C=O) groups excluding carboxylic acids is 2. The lowest BCUT2D eigenvalue weighted by Gasteiger charge is -2.14. The Morgan fingerprint density at radius 2 is 1.72 bits per heavy atom. The SMILES string of the molecule is COc1cc(C(=O)NNC(=O)c2cccc(OCc3cn4cccc(C)c4n3)c2)ccc1OC(C)C. The summed E-state index contributed by atoms with van der Waals surface area (Å²) in [6.07, 6.45) is 3.80. The van der Waals surface area contributed by atoms with Gasteiger partial charge in [-0.25, -0.2) is 4.98 Å². The number of rotatable bonds is 8. The predicted molar refractivity (Wildman–Crippen MR) is 134 cm³/mol. The highest BCUT2D eigenvalue weighted by Gasteiger charge is 2.14. The summed E-state index contributed by atoms with van der Waals surface area (Å²) in [4.78, 5) is 29.8. The third kappa shape index (κ3) is 5.75. The first-order valence-corrected chi connectivity index (χ1v) is 11.5. The van der Waals surface area contributed by atoms with Gasteiger partial charge in [0.1, 0.15) is 18.0 Å². The molecule has 0 aliphatic rings. The molecule has 4 aromatic rings. The molecule has 0 aliphatic carbocycles. The average molecular weight is 489 g/mol. The molecule has 0 radical (unpaired) electrons. The number of methoxy groups -OCH3 is 1. The Balaban J connectivity index is 1.36. The minimum absolute atomic E-state index is 0.0405. The minimum atomic E-state index is -0.493. The number of ether oxygens (including phenoxy) is 3. The van der Waals surface area contributed by atoms with Crippen molar-refractivity contribution in [3.8, 4) is 17.2 Å². The van der Waals surface area contributed by atoms with Gasteiger partial charge in [-0.15, -0.1) is 0 Å². The van der Waals surface area contributed by atoms with Crippen molar-refractivity contribution < 1.29 is 23.8 Å². The van der Waals surface area contributed by atoms with Crippen LogP contribution in [0.5, 0.6) is 17.2 Å². The normalized spacial score (nSPS) is 10.8. The molecule has 0 saturated heterocycles. The molecular weight excluding hydrogens is 460 g/mol. The van der Waals surface area contributed by atoms with E-state index in [0.29, 0.717) is 28.4 Å². The Bertz CT molecular complexity index is 1400. The second kappa shape index (κ2) is 10.8. The van der Waals surface area contributed by atoms with Crippen LogP contribution in [0.15, 0.2) is 67.0 Å². The third-order valence-electron chi connectivity index (χ3n) is 5.29. The molecule has 0 saturated carbocycles. The maximum absolute atomic E-state index is 12.6. The molecule has 2 N–H and O–H groups in total. The number of nitrogens with zero attached hydrogens (tertiary/aromatic N) is 2. The van der Waals surface area contributed by atoms with Crippen molar-refractivity contribution >= 4 is 17.5 Å². The number of carbonyl (C=O) groups is 2. The Hall–Kier alpha value is -4.53. The van der Waals surface area contributed by atoms with Crippen LogP contribution in [0.4, 0.5) is 0 Å². The van der Waals surface area contributed by atoms with E-state index >= 15 is 0 Å². The summed E-state index contributed by atoms with van der Waals surface area (Å²) in [5, 5.41) is 0. The van der Waals surface area contributed by atoms with Gasteiger partial charge in [-0.05, 0) is 68.8 Å².